The summed E-state index contributed by atoms with van der Waals surface area (Å²) in [6.07, 6.45) is 0.789. The number of guanidine groups is 1. The summed E-state index contributed by atoms with van der Waals surface area (Å²) in [5.41, 5.74) is 1.91. The van der Waals surface area contributed by atoms with E-state index in [0.29, 0.717) is 12.5 Å². The molecule has 2 N–H and O–H groups in total. The van der Waals surface area contributed by atoms with Gasteiger partial charge < -0.3 is 20.3 Å². The fourth-order valence-electron chi connectivity index (χ4n) is 3.32. The predicted octanol–water partition coefficient (Wildman–Crippen LogP) is 3.73. The van der Waals surface area contributed by atoms with E-state index in [4.69, 9.17) is 9.73 Å². The number of halogens is 1. The molecule has 0 saturated carbocycles. The smallest absolute Gasteiger partial charge is 0.241 e. The lowest BCUT2D eigenvalue weighted by Crippen LogP contribution is -2.47. The summed E-state index contributed by atoms with van der Waals surface area (Å²) >= 11 is 0. The SMILES string of the molecule is CN(C)C(=O)CNC(=NCc1ccccc1)NC1CC(C)(C)Oc2ccccc21.I. The standard InChI is InChI=1S/C23H30N4O2.HI/c1-23(2)14-19(18-12-8-9-13-20(18)29-23)26-22(25-16-21(28)27(3)4)24-15-17-10-6-5-7-11-17;/h5-13,19H,14-16H2,1-4H3,(H2,24,25,26);1H. The Balaban J connectivity index is 0.00000320. The number of carbonyl (C=O) groups is 1. The van der Waals surface area contributed by atoms with E-state index < -0.39 is 0 Å². The topological polar surface area (TPSA) is 66.0 Å². The molecule has 0 bridgehead atoms. The van der Waals surface area contributed by atoms with Crippen LogP contribution in [0.25, 0.3) is 0 Å². The summed E-state index contributed by atoms with van der Waals surface area (Å²) in [6, 6.07) is 18.2. The summed E-state index contributed by atoms with van der Waals surface area (Å²) in [5, 5.41) is 6.70. The first-order valence-electron chi connectivity index (χ1n) is 9.91. The van der Waals surface area contributed by atoms with Crippen LogP contribution in [0.4, 0.5) is 0 Å². The third-order valence-corrected chi connectivity index (χ3v) is 4.86. The molecule has 3 rings (SSSR count). The van der Waals surface area contributed by atoms with Crippen LogP contribution in [0.15, 0.2) is 59.6 Å². The van der Waals surface area contributed by atoms with Crippen LogP contribution in [-0.2, 0) is 11.3 Å². The Morgan fingerprint density at radius 2 is 1.80 bits per heavy atom. The van der Waals surface area contributed by atoms with E-state index >= 15 is 0 Å². The second-order valence-electron chi connectivity index (χ2n) is 8.09. The Morgan fingerprint density at radius 3 is 2.50 bits per heavy atom. The lowest BCUT2D eigenvalue weighted by Gasteiger charge is -2.38. The molecule has 0 aromatic heterocycles. The molecule has 2 aromatic rings. The number of fused-ring (bicyclic) bond motifs is 1. The summed E-state index contributed by atoms with van der Waals surface area (Å²) in [7, 11) is 3.49. The van der Waals surface area contributed by atoms with Gasteiger partial charge in [0.25, 0.3) is 0 Å². The van der Waals surface area contributed by atoms with Crippen LogP contribution in [0.3, 0.4) is 0 Å². The molecule has 7 heteroatoms. The van der Waals surface area contributed by atoms with Gasteiger partial charge in [-0.3, -0.25) is 4.79 Å². The third-order valence-electron chi connectivity index (χ3n) is 4.86. The molecule has 1 atom stereocenters. The van der Waals surface area contributed by atoms with Crippen molar-refractivity contribution in [1.82, 2.24) is 15.5 Å². The van der Waals surface area contributed by atoms with E-state index in [1.165, 1.54) is 0 Å². The second kappa shape index (κ2) is 10.7. The van der Waals surface area contributed by atoms with Crippen LogP contribution in [0.1, 0.15) is 37.4 Å². The molecule has 0 fully saturated rings. The van der Waals surface area contributed by atoms with Crippen molar-refractivity contribution in [1.29, 1.82) is 0 Å². The van der Waals surface area contributed by atoms with Gasteiger partial charge in [0.05, 0.1) is 19.1 Å². The van der Waals surface area contributed by atoms with Gasteiger partial charge >= 0.3 is 0 Å². The lowest BCUT2D eigenvalue weighted by molar-refractivity contribution is -0.127. The molecule has 30 heavy (non-hydrogen) atoms. The molecule has 1 amide bonds. The lowest BCUT2D eigenvalue weighted by atomic mass is 9.90. The minimum atomic E-state index is -0.296. The van der Waals surface area contributed by atoms with Crippen LogP contribution in [0.2, 0.25) is 0 Å². The van der Waals surface area contributed by atoms with Crippen LogP contribution in [0.5, 0.6) is 5.75 Å². The maximum Gasteiger partial charge on any atom is 0.241 e. The average molecular weight is 522 g/mol. The molecule has 0 spiro atoms. The molecule has 0 aliphatic carbocycles. The molecule has 0 radical (unpaired) electrons. The molecule has 1 aliphatic rings. The molecule has 162 valence electrons. The predicted molar refractivity (Wildman–Crippen MR) is 131 cm³/mol. The Kier molecular flexibility index (Phi) is 8.52. The molecular formula is C23H31IN4O2. The fraction of sp³-hybridized carbons (Fsp3) is 0.391. The quantitative estimate of drug-likeness (QED) is 0.357. The van der Waals surface area contributed by atoms with E-state index in [2.05, 4.69) is 30.5 Å². The zero-order valence-electron chi connectivity index (χ0n) is 18.0. The number of hydrogen-bond donors (Lipinski definition) is 2. The number of rotatable bonds is 5. The first-order chi connectivity index (χ1) is 13.8. The molecule has 1 heterocycles. The number of benzene rings is 2. The van der Waals surface area contributed by atoms with E-state index in [0.717, 1.165) is 23.3 Å². The summed E-state index contributed by atoms with van der Waals surface area (Å²) in [6.45, 7) is 4.88. The van der Waals surface area contributed by atoms with Crippen LogP contribution in [-0.4, -0.2) is 43.0 Å². The van der Waals surface area contributed by atoms with Gasteiger partial charge in [0.1, 0.15) is 11.4 Å². The van der Waals surface area contributed by atoms with Gasteiger partial charge in [-0.25, -0.2) is 4.99 Å². The Bertz CT molecular complexity index is 869. The van der Waals surface area contributed by atoms with E-state index in [-0.39, 0.29) is 48.1 Å². The molecule has 1 aliphatic heterocycles. The highest BCUT2D eigenvalue weighted by Gasteiger charge is 2.34. The van der Waals surface area contributed by atoms with Crippen molar-refractivity contribution < 1.29 is 9.53 Å². The van der Waals surface area contributed by atoms with Crippen molar-refractivity contribution in [2.24, 2.45) is 4.99 Å². The van der Waals surface area contributed by atoms with Crippen molar-refractivity contribution >= 4 is 35.8 Å². The third kappa shape index (κ3) is 6.62. The summed E-state index contributed by atoms with van der Waals surface area (Å²) in [5.74, 6) is 1.49. The number of hydrogen-bond acceptors (Lipinski definition) is 3. The molecule has 1 unspecified atom stereocenters. The van der Waals surface area contributed by atoms with Crippen LogP contribution >= 0.6 is 24.0 Å². The van der Waals surface area contributed by atoms with Gasteiger partial charge in [0.2, 0.25) is 5.91 Å². The van der Waals surface area contributed by atoms with Crippen molar-refractivity contribution in [2.45, 2.75) is 38.5 Å². The van der Waals surface area contributed by atoms with Crippen molar-refractivity contribution in [2.75, 3.05) is 20.6 Å². The monoisotopic (exact) mass is 522 g/mol. The highest BCUT2D eigenvalue weighted by Crippen LogP contribution is 2.39. The first kappa shape index (κ1) is 24.0. The van der Waals surface area contributed by atoms with Gasteiger partial charge in [-0.05, 0) is 25.5 Å². The maximum absolute atomic E-state index is 12.1. The number of likely N-dealkylation sites (N-methyl/N-ethyl adjacent to an activating group) is 1. The minimum absolute atomic E-state index is 0. The van der Waals surface area contributed by atoms with Gasteiger partial charge in [-0.2, -0.15) is 0 Å². The number of ether oxygens (including phenoxy) is 1. The summed E-state index contributed by atoms with van der Waals surface area (Å²) in [4.78, 5) is 18.4. The molecule has 2 aromatic carbocycles. The van der Waals surface area contributed by atoms with E-state index in [9.17, 15) is 4.79 Å². The molecule has 6 nitrogen and oxygen atoms in total. The maximum atomic E-state index is 12.1. The Labute approximate surface area is 196 Å². The van der Waals surface area contributed by atoms with Gasteiger partial charge in [-0.1, -0.05) is 48.5 Å². The van der Waals surface area contributed by atoms with Gasteiger partial charge in [0, 0.05) is 26.1 Å². The Morgan fingerprint density at radius 1 is 1.13 bits per heavy atom. The summed E-state index contributed by atoms with van der Waals surface area (Å²) < 4.78 is 6.13. The van der Waals surface area contributed by atoms with Crippen LogP contribution in [0, 0.1) is 0 Å². The van der Waals surface area contributed by atoms with Gasteiger partial charge in [-0.15, -0.1) is 24.0 Å². The number of nitrogens with one attached hydrogen (secondary N) is 2. The number of para-hydroxylation sites is 1. The molecular weight excluding hydrogens is 491 g/mol. The zero-order chi connectivity index (χ0) is 20.9. The van der Waals surface area contributed by atoms with E-state index in [1.54, 1.807) is 19.0 Å². The molecule has 0 saturated heterocycles. The highest BCUT2D eigenvalue weighted by molar-refractivity contribution is 14.0. The second-order valence-corrected chi connectivity index (χ2v) is 8.09. The van der Waals surface area contributed by atoms with E-state index in [1.807, 2.05) is 48.5 Å². The first-order valence-corrected chi connectivity index (χ1v) is 9.91. The minimum Gasteiger partial charge on any atom is -0.487 e. The van der Waals surface area contributed by atoms with Crippen LogP contribution < -0.4 is 15.4 Å². The zero-order valence-corrected chi connectivity index (χ0v) is 20.3. The average Bonchev–Trinajstić information content (AvgIpc) is 2.69. The van der Waals surface area contributed by atoms with Crippen molar-refractivity contribution in [3.63, 3.8) is 0 Å². The highest BCUT2D eigenvalue weighted by atomic mass is 127. The number of amides is 1. The fourth-order valence-corrected chi connectivity index (χ4v) is 3.32. The van der Waals surface area contributed by atoms with Gasteiger partial charge in [0.15, 0.2) is 5.96 Å². The number of aliphatic imine (C=N–C) groups is 1. The Hall–Kier alpha value is -2.29. The van der Waals surface area contributed by atoms with Crippen molar-refractivity contribution in [3.05, 3.63) is 65.7 Å². The number of carbonyl (C=O) groups excluding carboxylic acids is 1. The normalized spacial score (nSPS) is 17.1. The van der Waals surface area contributed by atoms with Crippen molar-refractivity contribution in [3.8, 4) is 5.75 Å². The number of nitrogens with zero attached hydrogens (tertiary/aromatic N) is 2. The largest absolute Gasteiger partial charge is 0.487 e.